The molecule has 5 aromatic rings. The average Bonchev–Trinajstić information content (AvgIpc) is 3.79. The van der Waals surface area contributed by atoms with Crippen LogP contribution in [-0.4, -0.2) is 57.7 Å². The van der Waals surface area contributed by atoms with E-state index in [1.807, 2.05) is 30.3 Å². The van der Waals surface area contributed by atoms with E-state index in [1.165, 1.54) is 7.11 Å². The molecule has 10 heteroatoms. The molecule has 2 amide bonds. The van der Waals surface area contributed by atoms with Gasteiger partial charge >= 0.3 is 6.09 Å². The Balaban J connectivity index is 0.000000479. The topological polar surface area (TPSA) is 150 Å². The summed E-state index contributed by atoms with van der Waals surface area (Å²) in [5, 5.41) is 9.20. The maximum Gasteiger partial charge on any atom is 0.404 e. The van der Waals surface area contributed by atoms with Crippen LogP contribution in [-0.2, 0) is 9.53 Å². The number of aliphatic hydroxyl groups excluding tert-OH is 1. The molecule has 1 unspecified atom stereocenters. The van der Waals surface area contributed by atoms with Crippen LogP contribution in [0.5, 0.6) is 0 Å². The zero-order valence-electron chi connectivity index (χ0n) is 22.9. The first-order chi connectivity index (χ1) is 19.5. The van der Waals surface area contributed by atoms with Crippen molar-refractivity contribution in [3.8, 4) is 22.5 Å². The van der Waals surface area contributed by atoms with Crippen LogP contribution in [0.15, 0.2) is 65.3 Å². The van der Waals surface area contributed by atoms with Gasteiger partial charge in [0.2, 0.25) is 5.91 Å². The molecule has 5 N–H and O–H groups in total. The monoisotopic (exact) mass is 545 g/mol. The quantitative estimate of drug-likeness (QED) is 0.221. The van der Waals surface area contributed by atoms with E-state index in [1.54, 1.807) is 0 Å². The summed E-state index contributed by atoms with van der Waals surface area (Å²) in [5.41, 5.74) is 10.3. The van der Waals surface area contributed by atoms with Gasteiger partial charge < -0.3 is 34.9 Å². The number of carbonyl (C=O) groups is 2. The molecule has 3 aromatic heterocycles. The highest BCUT2D eigenvalue weighted by Crippen LogP contribution is 2.35. The van der Waals surface area contributed by atoms with Gasteiger partial charge in [0, 0.05) is 53.9 Å². The SMILES string of the molecule is CCCC(=O)N1CCCC1c1ncc(-c2ccc3c(c2)oc2cc(-c4ccc[nH]4)ccc23)[nH]1.CO.COC(N)=O. The lowest BCUT2D eigenvalue weighted by Crippen LogP contribution is -2.30. The molecular formula is C30H35N5O5. The molecule has 1 aliphatic heterocycles. The molecule has 10 nitrogen and oxygen atoms in total. The number of hydrogen-bond donors (Lipinski definition) is 4. The molecule has 1 aliphatic rings. The number of carbonyl (C=O) groups excluding carboxylic acids is 2. The maximum atomic E-state index is 12.5. The number of primary amides is 1. The molecule has 4 heterocycles. The Morgan fingerprint density at radius 1 is 1.10 bits per heavy atom. The van der Waals surface area contributed by atoms with Gasteiger partial charge in [-0.2, -0.15) is 0 Å². The number of nitrogens with two attached hydrogens (primary N) is 1. The number of amides is 2. The maximum absolute atomic E-state index is 12.5. The Kier molecular flexibility index (Phi) is 9.23. The molecule has 40 heavy (non-hydrogen) atoms. The first-order valence-electron chi connectivity index (χ1n) is 13.2. The van der Waals surface area contributed by atoms with Crippen LogP contribution < -0.4 is 5.73 Å². The highest BCUT2D eigenvalue weighted by atomic mass is 16.5. The Bertz CT molecular complexity index is 1570. The summed E-state index contributed by atoms with van der Waals surface area (Å²) in [6.07, 6.45) is 6.48. The van der Waals surface area contributed by atoms with Crippen molar-refractivity contribution in [2.45, 2.75) is 38.6 Å². The van der Waals surface area contributed by atoms with Gasteiger partial charge in [-0.15, -0.1) is 0 Å². The van der Waals surface area contributed by atoms with E-state index in [9.17, 15) is 9.59 Å². The molecular weight excluding hydrogens is 510 g/mol. The van der Waals surface area contributed by atoms with Crippen LogP contribution in [0.4, 0.5) is 4.79 Å². The van der Waals surface area contributed by atoms with E-state index < -0.39 is 6.09 Å². The van der Waals surface area contributed by atoms with Gasteiger partial charge in [-0.1, -0.05) is 19.1 Å². The number of likely N-dealkylation sites (tertiary alicyclic amines) is 1. The lowest BCUT2D eigenvalue weighted by atomic mass is 10.1. The predicted molar refractivity (Wildman–Crippen MR) is 154 cm³/mol. The molecule has 6 rings (SSSR count). The number of aliphatic hydroxyl groups is 1. The number of furan rings is 1. The number of rotatable bonds is 5. The van der Waals surface area contributed by atoms with Gasteiger partial charge in [0.15, 0.2) is 0 Å². The Hall–Kier alpha value is -4.57. The number of methoxy groups -OCH3 is 1. The number of ether oxygens (including phenoxy) is 1. The van der Waals surface area contributed by atoms with Crippen molar-refractivity contribution in [1.29, 1.82) is 0 Å². The molecule has 0 aliphatic carbocycles. The van der Waals surface area contributed by atoms with E-state index >= 15 is 0 Å². The van der Waals surface area contributed by atoms with Crippen molar-refractivity contribution >= 4 is 33.9 Å². The molecule has 1 saturated heterocycles. The largest absolute Gasteiger partial charge is 0.456 e. The highest BCUT2D eigenvalue weighted by Gasteiger charge is 2.31. The third-order valence-corrected chi connectivity index (χ3v) is 6.84. The van der Waals surface area contributed by atoms with Gasteiger partial charge in [-0.05, 0) is 55.7 Å². The molecule has 210 valence electrons. The van der Waals surface area contributed by atoms with Crippen LogP contribution in [0, 0.1) is 0 Å². The molecule has 2 aromatic carbocycles. The Morgan fingerprint density at radius 2 is 1.75 bits per heavy atom. The summed E-state index contributed by atoms with van der Waals surface area (Å²) < 4.78 is 10.1. The molecule has 0 saturated carbocycles. The van der Waals surface area contributed by atoms with Crippen LogP contribution in [0.1, 0.15) is 44.5 Å². The van der Waals surface area contributed by atoms with E-state index in [-0.39, 0.29) is 11.9 Å². The number of fused-ring (bicyclic) bond motifs is 3. The molecule has 1 fully saturated rings. The van der Waals surface area contributed by atoms with Gasteiger partial charge in [-0.25, -0.2) is 9.78 Å². The van der Waals surface area contributed by atoms with E-state index in [4.69, 9.17) is 9.52 Å². The zero-order valence-corrected chi connectivity index (χ0v) is 22.9. The number of imidazole rings is 1. The number of benzene rings is 2. The number of aromatic amines is 2. The van der Waals surface area contributed by atoms with Crippen LogP contribution >= 0.6 is 0 Å². The summed E-state index contributed by atoms with van der Waals surface area (Å²) in [7, 11) is 2.22. The minimum atomic E-state index is -0.745. The number of aromatic nitrogens is 3. The van der Waals surface area contributed by atoms with Gasteiger partial charge in [0.25, 0.3) is 0 Å². The van der Waals surface area contributed by atoms with E-state index in [2.05, 4.69) is 67.9 Å². The second-order valence-electron chi connectivity index (χ2n) is 9.31. The minimum absolute atomic E-state index is 0.0409. The molecule has 0 radical (unpaired) electrons. The molecule has 1 atom stereocenters. The normalized spacial score (nSPS) is 14.4. The summed E-state index contributed by atoms with van der Waals surface area (Å²) in [5.74, 6) is 1.09. The summed E-state index contributed by atoms with van der Waals surface area (Å²) in [4.78, 5) is 35.2. The average molecular weight is 546 g/mol. The fourth-order valence-electron chi connectivity index (χ4n) is 4.98. The van der Waals surface area contributed by atoms with Gasteiger partial charge in [-0.3, -0.25) is 4.79 Å². The van der Waals surface area contributed by atoms with Crippen molar-refractivity contribution in [3.63, 3.8) is 0 Å². The fraction of sp³-hybridized carbons (Fsp3) is 0.300. The lowest BCUT2D eigenvalue weighted by molar-refractivity contribution is -0.132. The van der Waals surface area contributed by atoms with Gasteiger partial charge in [0.1, 0.15) is 17.0 Å². The molecule has 0 bridgehead atoms. The first kappa shape index (κ1) is 28.4. The van der Waals surface area contributed by atoms with E-state index in [0.29, 0.717) is 6.42 Å². The van der Waals surface area contributed by atoms with Crippen molar-refractivity contribution in [1.82, 2.24) is 19.9 Å². The highest BCUT2D eigenvalue weighted by molar-refractivity contribution is 6.06. The second kappa shape index (κ2) is 13.0. The number of nitrogens with zero attached hydrogens (tertiary/aromatic N) is 2. The van der Waals surface area contributed by atoms with Crippen LogP contribution in [0.25, 0.3) is 44.5 Å². The van der Waals surface area contributed by atoms with Crippen LogP contribution in [0.2, 0.25) is 0 Å². The fourth-order valence-corrected chi connectivity index (χ4v) is 4.98. The third-order valence-electron chi connectivity index (χ3n) is 6.84. The molecule has 0 spiro atoms. The second-order valence-corrected chi connectivity index (χ2v) is 9.31. The zero-order chi connectivity index (χ0) is 28.6. The van der Waals surface area contributed by atoms with Crippen molar-refractivity contribution in [3.05, 3.63) is 66.7 Å². The number of H-pyrrole nitrogens is 2. The standard InChI is InChI=1S/C27H26N4O2.C2H5NO2.CH4O/c1-2-5-26(32)31-13-4-7-23(31)27-29-16-22(30-27)18-9-11-20-19-10-8-17(21-6-3-12-28-21)14-24(19)33-25(20)15-18;1-5-2(3)4;1-2/h3,6,8-12,14-16,23,28H,2,4-5,7,13H2,1H3,(H,29,30);1H3,(H2,3,4);2H,1H3. The van der Waals surface area contributed by atoms with E-state index in [0.717, 1.165) is 83.2 Å². The smallest absolute Gasteiger partial charge is 0.404 e. The van der Waals surface area contributed by atoms with Crippen molar-refractivity contribution in [2.75, 3.05) is 20.8 Å². The lowest BCUT2D eigenvalue weighted by Gasteiger charge is -2.23. The minimum Gasteiger partial charge on any atom is -0.456 e. The Labute approximate surface area is 232 Å². The van der Waals surface area contributed by atoms with Crippen molar-refractivity contribution < 1.29 is 23.8 Å². The number of hydrogen-bond acceptors (Lipinski definition) is 6. The predicted octanol–water partition coefficient (Wildman–Crippen LogP) is 5.75. The van der Waals surface area contributed by atoms with Crippen molar-refractivity contribution in [2.24, 2.45) is 5.73 Å². The summed E-state index contributed by atoms with van der Waals surface area (Å²) >= 11 is 0. The first-order valence-corrected chi connectivity index (χ1v) is 13.2. The Morgan fingerprint density at radius 3 is 2.33 bits per heavy atom. The third kappa shape index (κ3) is 6.02. The van der Waals surface area contributed by atoms with Gasteiger partial charge in [0.05, 0.1) is 25.0 Å². The summed E-state index contributed by atoms with van der Waals surface area (Å²) in [6, 6.07) is 16.7. The summed E-state index contributed by atoms with van der Waals surface area (Å²) in [6.45, 7) is 2.86. The number of nitrogens with one attached hydrogen (secondary N) is 2. The van der Waals surface area contributed by atoms with Crippen LogP contribution in [0.3, 0.4) is 0 Å².